The van der Waals surface area contributed by atoms with Gasteiger partial charge in [0.2, 0.25) is 11.8 Å². The van der Waals surface area contributed by atoms with E-state index in [0.717, 1.165) is 6.42 Å². The van der Waals surface area contributed by atoms with Gasteiger partial charge in [0.05, 0.1) is 6.07 Å². The number of hydrogen-bond acceptors (Lipinski definition) is 3. The lowest BCUT2D eigenvalue weighted by Crippen LogP contribution is -2.50. The Balaban J connectivity index is 2.95. The van der Waals surface area contributed by atoms with Gasteiger partial charge >= 0.3 is 0 Å². The first kappa shape index (κ1) is 14.5. The number of carbonyl (C=O) groups excluding carboxylic acids is 2. The van der Waals surface area contributed by atoms with Gasteiger partial charge in [-0.1, -0.05) is 13.8 Å². The maximum Gasteiger partial charge on any atom is 0.243 e. The van der Waals surface area contributed by atoms with Crippen LogP contribution in [-0.2, 0) is 9.59 Å². The van der Waals surface area contributed by atoms with Crippen molar-refractivity contribution in [1.82, 2.24) is 10.2 Å². The predicted molar refractivity (Wildman–Crippen MR) is 67.4 cm³/mol. The summed E-state index contributed by atoms with van der Waals surface area (Å²) in [6.07, 6.45) is 2.46. The fourth-order valence-electron chi connectivity index (χ4n) is 2.48. The van der Waals surface area contributed by atoms with Crippen LogP contribution in [0.5, 0.6) is 0 Å². The van der Waals surface area contributed by atoms with Crippen LogP contribution in [0.3, 0.4) is 0 Å². The SMILES string of the molecule is CCC(C#N)(CC)C(=O)N1CCCC1C(=O)NC. The van der Waals surface area contributed by atoms with Gasteiger partial charge in [-0.15, -0.1) is 0 Å². The number of carbonyl (C=O) groups is 2. The van der Waals surface area contributed by atoms with Crippen LogP contribution < -0.4 is 5.32 Å². The number of nitrogens with one attached hydrogen (secondary N) is 1. The summed E-state index contributed by atoms with van der Waals surface area (Å²) in [5, 5.41) is 11.9. The maximum absolute atomic E-state index is 12.5. The van der Waals surface area contributed by atoms with E-state index in [1.54, 1.807) is 11.9 Å². The smallest absolute Gasteiger partial charge is 0.243 e. The van der Waals surface area contributed by atoms with Gasteiger partial charge in [0.15, 0.2) is 0 Å². The molecule has 1 N–H and O–H groups in total. The van der Waals surface area contributed by atoms with Crippen LogP contribution in [0.25, 0.3) is 0 Å². The molecule has 0 radical (unpaired) electrons. The second-order valence-corrected chi connectivity index (χ2v) is 4.67. The fraction of sp³-hybridized carbons (Fsp3) is 0.769. The van der Waals surface area contributed by atoms with Crippen molar-refractivity contribution in [3.8, 4) is 6.07 Å². The molecule has 5 heteroatoms. The summed E-state index contributed by atoms with van der Waals surface area (Å²) < 4.78 is 0. The van der Waals surface area contributed by atoms with Crippen LogP contribution in [-0.4, -0.2) is 36.3 Å². The summed E-state index contributed by atoms with van der Waals surface area (Å²) in [7, 11) is 1.57. The number of rotatable bonds is 4. The standard InChI is InChI=1S/C13H21N3O2/c1-4-13(5-2,9-14)12(18)16-8-6-7-10(16)11(17)15-3/h10H,4-8H2,1-3H3,(H,15,17). The molecule has 1 unspecified atom stereocenters. The second kappa shape index (κ2) is 5.85. The Morgan fingerprint density at radius 2 is 2.06 bits per heavy atom. The van der Waals surface area contributed by atoms with Crippen molar-refractivity contribution in [2.75, 3.05) is 13.6 Å². The van der Waals surface area contributed by atoms with E-state index in [2.05, 4.69) is 11.4 Å². The molecule has 0 bridgehead atoms. The van der Waals surface area contributed by atoms with Crippen LogP contribution in [0.15, 0.2) is 0 Å². The summed E-state index contributed by atoms with van der Waals surface area (Å²) >= 11 is 0. The van der Waals surface area contributed by atoms with Gasteiger partial charge in [-0.2, -0.15) is 5.26 Å². The molecule has 100 valence electrons. The number of likely N-dealkylation sites (tertiary alicyclic amines) is 1. The van der Waals surface area contributed by atoms with E-state index in [0.29, 0.717) is 25.8 Å². The molecule has 5 nitrogen and oxygen atoms in total. The van der Waals surface area contributed by atoms with Crippen LogP contribution >= 0.6 is 0 Å². The highest BCUT2D eigenvalue weighted by molar-refractivity contribution is 5.91. The Morgan fingerprint density at radius 1 is 1.44 bits per heavy atom. The zero-order valence-corrected chi connectivity index (χ0v) is 11.3. The Morgan fingerprint density at radius 3 is 2.50 bits per heavy atom. The highest BCUT2D eigenvalue weighted by atomic mass is 16.2. The van der Waals surface area contributed by atoms with Gasteiger partial charge in [-0.3, -0.25) is 9.59 Å². The number of nitriles is 1. The van der Waals surface area contributed by atoms with Crippen LogP contribution in [0.1, 0.15) is 39.5 Å². The van der Waals surface area contributed by atoms with E-state index in [1.165, 1.54) is 0 Å². The van der Waals surface area contributed by atoms with Gasteiger partial charge in [0, 0.05) is 13.6 Å². The minimum Gasteiger partial charge on any atom is -0.357 e. The Kier molecular flexibility index (Phi) is 4.71. The van der Waals surface area contributed by atoms with E-state index in [4.69, 9.17) is 0 Å². The summed E-state index contributed by atoms with van der Waals surface area (Å²) in [5.74, 6) is -0.332. The lowest BCUT2D eigenvalue weighted by molar-refractivity contribution is -0.144. The quantitative estimate of drug-likeness (QED) is 0.811. The molecular formula is C13H21N3O2. The van der Waals surface area contributed by atoms with Gasteiger partial charge in [-0.25, -0.2) is 0 Å². The number of likely N-dealkylation sites (N-methyl/N-ethyl adjacent to an activating group) is 1. The summed E-state index contributed by atoms with van der Waals surface area (Å²) in [6.45, 7) is 4.26. The van der Waals surface area contributed by atoms with Gasteiger partial charge in [0.1, 0.15) is 11.5 Å². The van der Waals surface area contributed by atoms with Crippen molar-refractivity contribution in [2.45, 2.75) is 45.6 Å². The van der Waals surface area contributed by atoms with Crippen molar-refractivity contribution in [2.24, 2.45) is 5.41 Å². The molecule has 1 heterocycles. The topological polar surface area (TPSA) is 73.2 Å². The van der Waals surface area contributed by atoms with Crippen molar-refractivity contribution in [1.29, 1.82) is 5.26 Å². The highest BCUT2D eigenvalue weighted by Gasteiger charge is 2.43. The average molecular weight is 251 g/mol. The third-order valence-electron chi connectivity index (χ3n) is 3.89. The summed E-state index contributed by atoms with van der Waals surface area (Å²) in [6, 6.07) is 1.74. The van der Waals surface area contributed by atoms with Gasteiger partial charge in [0.25, 0.3) is 0 Å². The third-order valence-corrected chi connectivity index (χ3v) is 3.89. The van der Waals surface area contributed by atoms with Gasteiger partial charge < -0.3 is 10.2 Å². The number of nitrogens with zero attached hydrogens (tertiary/aromatic N) is 2. The third kappa shape index (κ3) is 2.33. The van der Waals surface area contributed by atoms with Crippen LogP contribution in [0.4, 0.5) is 0 Å². The monoisotopic (exact) mass is 251 g/mol. The lowest BCUT2D eigenvalue weighted by atomic mass is 9.82. The first-order chi connectivity index (χ1) is 8.56. The van der Waals surface area contributed by atoms with Gasteiger partial charge in [-0.05, 0) is 25.7 Å². The zero-order valence-electron chi connectivity index (χ0n) is 11.3. The Labute approximate surface area is 108 Å². The molecule has 0 aromatic carbocycles. The molecule has 0 aromatic heterocycles. The molecule has 1 atom stereocenters. The predicted octanol–water partition coefficient (Wildman–Crippen LogP) is 1.05. The van der Waals surface area contributed by atoms with Crippen molar-refractivity contribution in [3.63, 3.8) is 0 Å². The molecule has 1 aliphatic heterocycles. The number of hydrogen-bond donors (Lipinski definition) is 1. The summed E-state index contributed by atoms with van der Waals surface area (Å²) in [5.41, 5.74) is -0.976. The Bertz CT molecular complexity index is 369. The Hall–Kier alpha value is -1.57. The van der Waals surface area contributed by atoms with E-state index in [-0.39, 0.29) is 11.8 Å². The van der Waals surface area contributed by atoms with E-state index >= 15 is 0 Å². The molecule has 0 saturated carbocycles. The molecule has 1 aliphatic rings. The molecular weight excluding hydrogens is 230 g/mol. The molecule has 2 amide bonds. The normalized spacial score (nSPS) is 19.4. The number of amides is 2. The minimum absolute atomic E-state index is 0.139. The molecule has 0 spiro atoms. The molecule has 1 saturated heterocycles. The molecule has 1 fully saturated rings. The van der Waals surface area contributed by atoms with Crippen LogP contribution in [0.2, 0.25) is 0 Å². The first-order valence-corrected chi connectivity index (χ1v) is 6.50. The van der Waals surface area contributed by atoms with Crippen molar-refractivity contribution >= 4 is 11.8 Å². The molecule has 0 aliphatic carbocycles. The lowest BCUT2D eigenvalue weighted by Gasteiger charge is -2.31. The summed E-state index contributed by atoms with van der Waals surface area (Å²) in [4.78, 5) is 25.8. The van der Waals surface area contributed by atoms with E-state index in [9.17, 15) is 14.9 Å². The average Bonchev–Trinajstić information content (AvgIpc) is 2.89. The minimum atomic E-state index is -0.976. The fourth-order valence-corrected chi connectivity index (χ4v) is 2.48. The zero-order chi connectivity index (χ0) is 13.8. The first-order valence-electron chi connectivity index (χ1n) is 6.50. The largest absolute Gasteiger partial charge is 0.357 e. The molecule has 0 aromatic rings. The second-order valence-electron chi connectivity index (χ2n) is 4.67. The highest BCUT2D eigenvalue weighted by Crippen LogP contribution is 2.31. The van der Waals surface area contributed by atoms with Crippen molar-refractivity contribution < 1.29 is 9.59 Å². The maximum atomic E-state index is 12.5. The van der Waals surface area contributed by atoms with E-state index in [1.807, 2.05) is 13.8 Å². The molecule has 18 heavy (non-hydrogen) atoms. The molecule has 1 rings (SSSR count). The van der Waals surface area contributed by atoms with Crippen molar-refractivity contribution in [3.05, 3.63) is 0 Å². The van der Waals surface area contributed by atoms with Crippen LogP contribution in [0, 0.1) is 16.7 Å². The van der Waals surface area contributed by atoms with E-state index < -0.39 is 11.5 Å².